The summed E-state index contributed by atoms with van der Waals surface area (Å²) in [7, 11) is 0. The van der Waals surface area contributed by atoms with Crippen LogP contribution in [0.15, 0.2) is 46.9 Å². The Hall–Kier alpha value is -1.85. The number of carbonyl (C=O) groups excluding carboxylic acids is 2. The highest BCUT2D eigenvalue weighted by molar-refractivity contribution is 9.10. The number of rotatable bonds is 5. The van der Waals surface area contributed by atoms with Gasteiger partial charge in [-0.25, -0.2) is 0 Å². The van der Waals surface area contributed by atoms with Crippen molar-refractivity contribution < 1.29 is 9.59 Å². The normalized spacial score (nSPS) is 10.2. The zero-order valence-corrected chi connectivity index (χ0v) is 14.9. The molecule has 4 nitrogen and oxygen atoms in total. The number of amides is 2. The first-order valence-electron chi connectivity index (χ1n) is 7.11. The number of carbonyl (C=O) groups is 2. The van der Waals surface area contributed by atoms with E-state index in [9.17, 15) is 9.59 Å². The molecule has 23 heavy (non-hydrogen) atoms. The van der Waals surface area contributed by atoms with Crippen LogP contribution >= 0.6 is 27.5 Å². The van der Waals surface area contributed by atoms with E-state index in [1.807, 2.05) is 13.0 Å². The third-order valence-corrected chi connectivity index (χ3v) is 3.98. The van der Waals surface area contributed by atoms with Gasteiger partial charge in [0.05, 0.1) is 10.6 Å². The second-order valence-electron chi connectivity index (χ2n) is 4.87. The van der Waals surface area contributed by atoms with Crippen molar-refractivity contribution in [1.82, 2.24) is 10.6 Å². The van der Waals surface area contributed by atoms with Gasteiger partial charge in [0.2, 0.25) is 0 Å². The fraction of sp³-hybridized carbons (Fsp3) is 0.176. The molecule has 2 aromatic carbocycles. The summed E-state index contributed by atoms with van der Waals surface area (Å²) in [6.07, 6.45) is 0. The number of nitrogens with one attached hydrogen (secondary N) is 2. The summed E-state index contributed by atoms with van der Waals surface area (Å²) in [6.45, 7) is 2.75. The van der Waals surface area contributed by atoms with Crippen LogP contribution in [0.25, 0.3) is 0 Å². The summed E-state index contributed by atoms with van der Waals surface area (Å²) < 4.78 is 0.783. The van der Waals surface area contributed by atoms with Gasteiger partial charge < -0.3 is 10.6 Å². The maximum Gasteiger partial charge on any atom is 0.253 e. The summed E-state index contributed by atoms with van der Waals surface area (Å²) in [6, 6.07) is 12.2. The van der Waals surface area contributed by atoms with Crippen molar-refractivity contribution in [1.29, 1.82) is 0 Å². The maximum absolute atomic E-state index is 12.2. The van der Waals surface area contributed by atoms with E-state index in [1.165, 1.54) is 0 Å². The summed E-state index contributed by atoms with van der Waals surface area (Å²) in [5, 5.41) is 5.94. The van der Waals surface area contributed by atoms with Gasteiger partial charge in [-0.3, -0.25) is 9.59 Å². The van der Waals surface area contributed by atoms with E-state index in [1.54, 1.807) is 36.4 Å². The van der Waals surface area contributed by atoms with Crippen LogP contribution in [-0.4, -0.2) is 18.4 Å². The van der Waals surface area contributed by atoms with E-state index in [-0.39, 0.29) is 11.8 Å². The molecule has 2 N–H and O–H groups in total. The number of hydrogen-bond acceptors (Lipinski definition) is 2. The molecule has 0 bridgehead atoms. The molecule has 0 aliphatic heterocycles. The number of halogens is 2. The molecule has 0 saturated heterocycles. The molecule has 0 radical (unpaired) electrons. The van der Waals surface area contributed by atoms with E-state index < -0.39 is 0 Å². The Morgan fingerprint density at radius 2 is 1.87 bits per heavy atom. The first kappa shape index (κ1) is 17.5. The summed E-state index contributed by atoms with van der Waals surface area (Å²) >= 11 is 9.36. The van der Waals surface area contributed by atoms with Crippen LogP contribution in [0.3, 0.4) is 0 Å². The quantitative estimate of drug-likeness (QED) is 0.809. The van der Waals surface area contributed by atoms with Gasteiger partial charge >= 0.3 is 0 Å². The van der Waals surface area contributed by atoms with Crippen LogP contribution in [0.1, 0.15) is 33.2 Å². The molecule has 120 valence electrons. The van der Waals surface area contributed by atoms with E-state index in [2.05, 4.69) is 26.6 Å². The summed E-state index contributed by atoms with van der Waals surface area (Å²) in [4.78, 5) is 24.0. The predicted molar refractivity (Wildman–Crippen MR) is 94.8 cm³/mol. The summed E-state index contributed by atoms with van der Waals surface area (Å²) in [5.74, 6) is -0.393. The molecule has 2 amide bonds. The van der Waals surface area contributed by atoms with E-state index >= 15 is 0 Å². The van der Waals surface area contributed by atoms with Gasteiger partial charge in [-0.05, 0) is 42.8 Å². The van der Waals surface area contributed by atoms with Gasteiger partial charge in [0.15, 0.2) is 0 Å². The molecule has 0 aliphatic carbocycles. The minimum Gasteiger partial charge on any atom is -0.352 e. The molecule has 6 heteroatoms. The van der Waals surface area contributed by atoms with Crippen LogP contribution in [0.4, 0.5) is 0 Å². The molecule has 2 rings (SSSR count). The molecule has 0 saturated carbocycles. The fourth-order valence-corrected chi connectivity index (χ4v) is 2.60. The lowest BCUT2D eigenvalue weighted by Crippen LogP contribution is -2.24. The Morgan fingerprint density at radius 1 is 1.09 bits per heavy atom. The van der Waals surface area contributed by atoms with Gasteiger partial charge in [0, 0.05) is 23.1 Å². The minimum atomic E-state index is -0.264. The minimum absolute atomic E-state index is 0.129. The average molecular weight is 396 g/mol. The van der Waals surface area contributed by atoms with Crippen molar-refractivity contribution in [3.05, 3.63) is 68.7 Å². The van der Waals surface area contributed by atoms with Crippen molar-refractivity contribution in [2.75, 3.05) is 6.54 Å². The zero-order chi connectivity index (χ0) is 16.8. The van der Waals surface area contributed by atoms with Gasteiger partial charge in [-0.2, -0.15) is 0 Å². The second kappa shape index (κ2) is 8.13. The highest BCUT2D eigenvalue weighted by atomic mass is 79.9. The third kappa shape index (κ3) is 4.81. The zero-order valence-electron chi connectivity index (χ0n) is 12.5. The van der Waals surface area contributed by atoms with Crippen LogP contribution in [0, 0.1) is 0 Å². The molecule has 0 atom stereocenters. The maximum atomic E-state index is 12.2. The Labute approximate surface area is 148 Å². The lowest BCUT2D eigenvalue weighted by atomic mass is 10.1. The Balaban J connectivity index is 2.06. The van der Waals surface area contributed by atoms with E-state index in [4.69, 9.17) is 11.6 Å². The van der Waals surface area contributed by atoms with Crippen LogP contribution < -0.4 is 10.6 Å². The molecule has 2 aromatic rings. The van der Waals surface area contributed by atoms with Crippen LogP contribution in [-0.2, 0) is 6.54 Å². The Bertz CT molecular complexity index is 734. The first-order chi connectivity index (χ1) is 11.0. The highest BCUT2D eigenvalue weighted by Gasteiger charge is 2.11. The lowest BCUT2D eigenvalue weighted by molar-refractivity contribution is 0.0947. The van der Waals surface area contributed by atoms with Gasteiger partial charge in [-0.15, -0.1) is 0 Å². The highest BCUT2D eigenvalue weighted by Crippen LogP contribution is 2.21. The SMILES string of the molecule is CCNC(=O)c1cccc(CNC(=O)c2cc(Br)ccc2Cl)c1. The van der Waals surface area contributed by atoms with Gasteiger partial charge in [0.1, 0.15) is 0 Å². The van der Waals surface area contributed by atoms with E-state index in [0.717, 1.165) is 10.0 Å². The standard InChI is InChI=1S/C17H16BrClN2O2/c1-2-20-16(22)12-5-3-4-11(8-12)10-21-17(23)14-9-13(18)6-7-15(14)19/h3-9H,2,10H2,1H3,(H,20,22)(H,21,23). The molecule has 0 heterocycles. The molecule has 0 aromatic heterocycles. The Morgan fingerprint density at radius 3 is 2.61 bits per heavy atom. The fourth-order valence-electron chi connectivity index (χ4n) is 2.03. The topological polar surface area (TPSA) is 58.2 Å². The molecular formula is C17H16BrClN2O2. The van der Waals surface area contributed by atoms with Gasteiger partial charge in [0.25, 0.3) is 11.8 Å². The molecule has 0 unspecified atom stereocenters. The molecule has 0 aliphatic rings. The number of benzene rings is 2. The monoisotopic (exact) mass is 394 g/mol. The Kier molecular flexibility index (Phi) is 6.19. The average Bonchev–Trinajstić information content (AvgIpc) is 2.55. The molecule has 0 fully saturated rings. The smallest absolute Gasteiger partial charge is 0.253 e. The van der Waals surface area contributed by atoms with Crippen molar-refractivity contribution >= 4 is 39.3 Å². The second-order valence-corrected chi connectivity index (χ2v) is 6.19. The van der Waals surface area contributed by atoms with Crippen LogP contribution in [0.5, 0.6) is 0 Å². The largest absolute Gasteiger partial charge is 0.352 e. The predicted octanol–water partition coefficient (Wildman–Crippen LogP) is 3.78. The van der Waals surface area contributed by atoms with Crippen LogP contribution in [0.2, 0.25) is 5.02 Å². The number of hydrogen-bond donors (Lipinski definition) is 2. The lowest BCUT2D eigenvalue weighted by Gasteiger charge is -2.09. The molecule has 0 spiro atoms. The van der Waals surface area contributed by atoms with Crippen molar-refractivity contribution in [2.24, 2.45) is 0 Å². The van der Waals surface area contributed by atoms with Crippen molar-refractivity contribution in [3.63, 3.8) is 0 Å². The molecular weight excluding hydrogens is 380 g/mol. The third-order valence-electron chi connectivity index (χ3n) is 3.15. The van der Waals surface area contributed by atoms with Gasteiger partial charge in [-0.1, -0.05) is 39.7 Å². The first-order valence-corrected chi connectivity index (χ1v) is 8.28. The van der Waals surface area contributed by atoms with E-state index in [0.29, 0.717) is 29.2 Å². The summed E-state index contributed by atoms with van der Waals surface area (Å²) in [5.41, 5.74) is 1.81. The van der Waals surface area contributed by atoms with Crippen molar-refractivity contribution in [3.8, 4) is 0 Å². The van der Waals surface area contributed by atoms with Crippen molar-refractivity contribution in [2.45, 2.75) is 13.5 Å².